The number of hydrogen-bond donors (Lipinski definition) is 1. The third-order valence-corrected chi connectivity index (χ3v) is 3.45. The number of nitrogens with zero attached hydrogens (tertiary/aromatic N) is 3. The SMILES string of the molecule is CC1CC1CN(C)Cc1nnc(N)s1. The summed E-state index contributed by atoms with van der Waals surface area (Å²) in [6.45, 7) is 4.35. The number of nitrogens with two attached hydrogens (primary N) is 1. The summed E-state index contributed by atoms with van der Waals surface area (Å²) < 4.78 is 0. The van der Waals surface area contributed by atoms with Crippen LogP contribution in [0, 0.1) is 11.8 Å². The molecule has 0 amide bonds. The Labute approximate surface area is 88.1 Å². The van der Waals surface area contributed by atoms with Crippen LogP contribution in [0.15, 0.2) is 0 Å². The molecule has 0 spiro atoms. The second-order valence-electron chi connectivity index (χ2n) is 4.20. The van der Waals surface area contributed by atoms with E-state index in [-0.39, 0.29) is 0 Å². The molecule has 0 bridgehead atoms. The highest BCUT2D eigenvalue weighted by atomic mass is 32.1. The Morgan fingerprint density at radius 1 is 1.57 bits per heavy atom. The Bertz CT molecular complexity index is 312. The average Bonchev–Trinajstić information content (AvgIpc) is 2.59. The van der Waals surface area contributed by atoms with Crippen molar-refractivity contribution >= 4 is 16.5 Å². The first-order valence-corrected chi connectivity index (χ1v) is 5.73. The maximum absolute atomic E-state index is 5.52. The van der Waals surface area contributed by atoms with Gasteiger partial charge in [-0.1, -0.05) is 18.3 Å². The molecule has 2 rings (SSSR count). The van der Waals surface area contributed by atoms with Crippen LogP contribution in [0.1, 0.15) is 18.4 Å². The van der Waals surface area contributed by atoms with Crippen molar-refractivity contribution in [3.05, 3.63) is 5.01 Å². The van der Waals surface area contributed by atoms with Crippen LogP contribution in [0.3, 0.4) is 0 Å². The predicted octanol–water partition coefficient (Wildman–Crippen LogP) is 1.21. The molecule has 1 aliphatic carbocycles. The van der Waals surface area contributed by atoms with Crippen LogP contribution < -0.4 is 5.73 Å². The van der Waals surface area contributed by atoms with Gasteiger partial charge in [0.05, 0.1) is 6.54 Å². The van der Waals surface area contributed by atoms with E-state index in [1.807, 2.05) is 0 Å². The van der Waals surface area contributed by atoms with Crippen molar-refractivity contribution in [3.8, 4) is 0 Å². The van der Waals surface area contributed by atoms with Gasteiger partial charge in [-0.2, -0.15) is 0 Å². The first-order valence-electron chi connectivity index (χ1n) is 4.91. The summed E-state index contributed by atoms with van der Waals surface area (Å²) in [6, 6.07) is 0. The fraction of sp³-hybridized carbons (Fsp3) is 0.778. The number of hydrogen-bond acceptors (Lipinski definition) is 5. The zero-order chi connectivity index (χ0) is 10.1. The highest BCUT2D eigenvalue weighted by Gasteiger charge is 2.33. The molecule has 0 aromatic carbocycles. The Morgan fingerprint density at radius 2 is 2.29 bits per heavy atom. The van der Waals surface area contributed by atoms with Crippen LogP contribution in [0.25, 0.3) is 0 Å². The molecule has 14 heavy (non-hydrogen) atoms. The maximum atomic E-state index is 5.52. The third kappa shape index (κ3) is 2.42. The van der Waals surface area contributed by atoms with E-state index in [0.717, 1.165) is 23.4 Å². The maximum Gasteiger partial charge on any atom is 0.203 e. The molecule has 2 atom stereocenters. The van der Waals surface area contributed by atoms with Crippen LogP contribution >= 0.6 is 11.3 Å². The zero-order valence-electron chi connectivity index (χ0n) is 8.60. The van der Waals surface area contributed by atoms with E-state index < -0.39 is 0 Å². The first kappa shape index (κ1) is 9.86. The summed E-state index contributed by atoms with van der Waals surface area (Å²) in [5, 5.41) is 9.38. The molecule has 1 aliphatic rings. The highest BCUT2D eigenvalue weighted by Crippen LogP contribution is 2.38. The summed E-state index contributed by atoms with van der Waals surface area (Å²) in [7, 11) is 2.13. The quantitative estimate of drug-likeness (QED) is 0.815. The normalized spacial score (nSPS) is 25.6. The van der Waals surface area contributed by atoms with Crippen LogP contribution in [0.5, 0.6) is 0 Å². The van der Waals surface area contributed by atoms with Crippen molar-refractivity contribution in [2.24, 2.45) is 11.8 Å². The summed E-state index contributed by atoms with van der Waals surface area (Å²) in [5.74, 6) is 1.81. The van der Waals surface area contributed by atoms with Gasteiger partial charge < -0.3 is 5.73 Å². The second kappa shape index (κ2) is 3.82. The van der Waals surface area contributed by atoms with Gasteiger partial charge in [0.15, 0.2) is 0 Å². The Hall–Kier alpha value is -0.680. The molecular weight excluding hydrogens is 196 g/mol. The summed E-state index contributed by atoms with van der Waals surface area (Å²) in [6.07, 6.45) is 1.38. The van der Waals surface area contributed by atoms with Crippen LogP contribution in [0.4, 0.5) is 5.13 Å². The van der Waals surface area contributed by atoms with Crippen molar-refractivity contribution in [1.29, 1.82) is 0 Å². The lowest BCUT2D eigenvalue weighted by molar-refractivity contribution is 0.306. The molecule has 0 saturated heterocycles. The van der Waals surface area contributed by atoms with Gasteiger partial charge in [-0.3, -0.25) is 4.90 Å². The highest BCUT2D eigenvalue weighted by molar-refractivity contribution is 7.15. The summed E-state index contributed by atoms with van der Waals surface area (Å²) >= 11 is 1.48. The minimum absolute atomic E-state index is 0.563. The Morgan fingerprint density at radius 3 is 2.79 bits per heavy atom. The van der Waals surface area contributed by atoms with E-state index in [2.05, 4.69) is 29.1 Å². The fourth-order valence-electron chi connectivity index (χ4n) is 1.68. The number of rotatable bonds is 4. The van der Waals surface area contributed by atoms with Crippen LogP contribution in [-0.4, -0.2) is 28.7 Å². The van der Waals surface area contributed by atoms with Crippen molar-refractivity contribution in [2.75, 3.05) is 19.3 Å². The summed E-state index contributed by atoms with van der Waals surface area (Å²) in [5.41, 5.74) is 5.52. The monoisotopic (exact) mass is 212 g/mol. The molecule has 2 unspecified atom stereocenters. The molecule has 1 aromatic rings. The van der Waals surface area contributed by atoms with Gasteiger partial charge >= 0.3 is 0 Å². The minimum Gasteiger partial charge on any atom is -0.374 e. The largest absolute Gasteiger partial charge is 0.374 e. The lowest BCUT2D eigenvalue weighted by atomic mass is 10.3. The van der Waals surface area contributed by atoms with E-state index in [9.17, 15) is 0 Å². The summed E-state index contributed by atoms with van der Waals surface area (Å²) in [4.78, 5) is 2.30. The Balaban J connectivity index is 1.79. The fourth-order valence-corrected chi connectivity index (χ4v) is 2.37. The minimum atomic E-state index is 0.563. The predicted molar refractivity (Wildman–Crippen MR) is 57.9 cm³/mol. The van der Waals surface area contributed by atoms with Crippen molar-refractivity contribution in [2.45, 2.75) is 19.9 Å². The van der Waals surface area contributed by atoms with Gasteiger partial charge in [-0.05, 0) is 25.3 Å². The topological polar surface area (TPSA) is 55.0 Å². The van der Waals surface area contributed by atoms with E-state index in [4.69, 9.17) is 5.73 Å². The molecule has 0 aliphatic heterocycles. The molecule has 1 fully saturated rings. The average molecular weight is 212 g/mol. The van der Waals surface area contributed by atoms with E-state index in [1.165, 1.54) is 24.3 Å². The third-order valence-electron chi connectivity index (χ3n) is 2.71. The lowest BCUT2D eigenvalue weighted by Crippen LogP contribution is -2.20. The lowest BCUT2D eigenvalue weighted by Gasteiger charge is -2.13. The molecular formula is C9H16N4S. The van der Waals surface area contributed by atoms with Crippen molar-refractivity contribution in [3.63, 3.8) is 0 Å². The standard InChI is InChI=1S/C9H16N4S/c1-6-3-7(6)4-13(2)5-8-11-12-9(10)14-8/h6-7H,3-5H2,1-2H3,(H2,10,12). The smallest absolute Gasteiger partial charge is 0.203 e. The Kier molecular flexibility index (Phi) is 2.69. The molecule has 1 saturated carbocycles. The molecule has 1 aromatic heterocycles. The van der Waals surface area contributed by atoms with Gasteiger partial charge in [0.1, 0.15) is 5.01 Å². The zero-order valence-corrected chi connectivity index (χ0v) is 9.42. The van der Waals surface area contributed by atoms with Gasteiger partial charge in [0.25, 0.3) is 0 Å². The van der Waals surface area contributed by atoms with E-state index in [1.54, 1.807) is 0 Å². The van der Waals surface area contributed by atoms with E-state index in [0.29, 0.717) is 5.13 Å². The van der Waals surface area contributed by atoms with Gasteiger partial charge in [-0.15, -0.1) is 10.2 Å². The van der Waals surface area contributed by atoms with Crippen molar-refractivity contribution < 1.29 is 0 Å². The molecule has 4 nitrogen and oxygen atoms in total. The van der Waals surface area contributed by atoms with Gasteiger partial charge in [-0.25, -0.2) is 0 Å². The first-order chi connectivity index (χ1) is 6.65. The molecule has 0 radical (unpaired) electrons. The second-order valence-corrected chi connectivity index (χ2v) is 5.30. The number of nitrogen functional groups attached to an aromatic ring is 1. The number of anilines is 1. The molecule has 78 valence electrons. The van der Waals surface area contributed by atoms with Gasteiger partial charge in [0, 0.05) is 6.54 Å². The number of aromatic nitrogens is 2. The van der Waals surface area contributed by atoms with Crippen LogP contribution in [-0.2, 0) is 6.54 Å². The molecule has 1 heterocycles. The van der Waals surface area contributed by atoms with Crippen molar-refractivity contribution in [1.82, 2.24) is 15.1 Å². The molecule has 2 N–H and O–H groups in total. The molecule has 5 heteroatoms. The van der Waals surface area contributed by atoms with Crippen LogP contribution in [0.2, 0.25) is 0 Å². The van der Waals surface area contributed by atoms with Gasteiger partial charge in [0.2, 0.25) is 5.13 Å². The van der Waals surface area contributed by atoms with E-state index >= 15 is 0 Å².